The van der Waals surface area contributed by atoms with Crippen molar-refractivity contribution in [3.05, 3.63) is 16.1 Å². The maximum atomic E-state index is 9.40. The molecule has 1 rings (SSSR count). The Hall–Kier alpha value is -0.900. The lowest BCUT2D eigenvalue weighted by Crippen LogP contribution is -1.93. The van der Waals surface area contributed by atoms with E-state index in [9.17, 15) is 5.11 Å². The monoisotopic (exact) mass is 231 g/mol. The highest BCUT2D eigenvalue weighted by atomic mass is 79.9. The van der Waals surface area contributed by atoms with E-state index in [2.05, 4.69) is 15.9 Å². The van der Waals surface area contributed by atoms with E-state index in [-0.39, 0.29) is 5.75 Å². The zero-order chi connectivity index (χ0) is 9.30. The molecule has 1 aromatic rings. The number of methoxy groups -OCH3 is 1. The van der Waals surface area contributed by atoms with Gasteiger partial charge < -0.3 is 15.6 Å². The summed E-state index contributed by atoms with van der Waals surface area (Å²) in [5.41, 5.74) is 6.60. The van der Waals surface area contributed by atoms with Gasteiger partial charge in [-0.05, 0) is 34.5 Å². The van der Waals surface area contributed by atoms with Gasteiger partial charge in [-0.2, -0.15) is 0 Å². The van der Waals surface area contributed by atoms with Crippen LogP contribution >= 0.6 is 15.9 Å². The van der Waals surface area contributed by atoms with Crippen LogP contribution in [0.15, 0.2) is 10.5 Å². The zero-order valence-electron chi connectivity index (χ0n) is 6.89. The van der Waals surface area contributed by atoms with Crippen LogP contribution in [0.3, 0.4) is 0 Å². The van der Waals surface area contributed by atoms with Gasteiger partial charge >= 0.3 is 0 Å². The topological polar surface area (TPSA) is 55.5 Å². The molecule has 0 fully saturated rings. The van der Waals surface area contributed by atoms with Crippen LogP contribution in [0.25, 0.3) is 0 Å². The van der Waals surface area contributed by atoms with Crippen molar-refractivity contribution in [2.45, 2.75) is 6.92 Å². The Labute approximate surface area is 79.3 Å². The number of rotatable bonds is 1. The van der Waals surface area contributed by atoms with Gasteiger partial charge in [-0.15, -0.1) is 0 Å². The smallest absolute Gasteiger partial charge is 0.142 e. The summed E-state index contributed by atoms with van der Waals surface area (Å²) in [6.45, 7) is 1.76. The predicted molar refractivity (Wildman–Crippen MR) is 51.5 cm³/mol. The van der Waals surface area contributed by atoms with Gasteiger partial charge in [-0.1, -0.05) is 0 Å². The van der Waals surface area contributed by atoms with E-state index in [4.69, 9.17) is 10.5 Å². The summed E-state index contributed by atoms with van der Waals surface area (Å²) in [7, 11) is 1.55. The second-order valence-corrected chi connectivity index (χ2v) is 3.26. The molecule has 0 spiro atoms. The summed E-state index contributed by atoms with van der Waals surface area (Å²) < 4.78 is 5.61. The van der Waals surface area contributed by atoms with Crippen LogP contribution in [0.4, 0.5) is 5.69 Å². The molecule has 12 heavy (non-hydrogen) atoms. The van der Waals surface area contributed by atoms with Crippen LogP contribution in [0.5, 0.6) is 11.5 Å². The van der Waals surface area contributed by atoms with Crippen LogP contribution in [-0.4, -0.2) is 12.2 Å². The molecule has 66 valence electrons. The number of nitrogen functional groups attached to an aromatic ring is 1. The minimum absolute atomic E-state index is 0.0997. The van der Waals surface area contributed by atoms with Gasteiger partial charge in [0, 0.05) is 0 Å². The van der Waals surface area contributed by atoms with Crippen molar-refractivity contribution in [2.24, 2.45) is 0 Å². The molecule has 0 atom stereocenters. The number of hydrogen-bond acceptors (Lipinski definition) is 3. The number of anilines is 1. The third kappa shape index (κ3) is 1.34. The number of benzene rings is 1. The van der Waals surface area contributed by atoms with Crippen LogP contribution in [-0.2, 0) is 0 Å². The summed E-state index contributed by atoms with van der Waals surface area (Å²) in [6, 6.07) is 1.72. The summed E-state index contributed by atoms with van der Waals surface area (Å²) in [6.07, 6.45) is 0. The third-order valence-corrected chi connectivity index (χ3v) is 2.47. The van der Waals surface area contributed by atoms with Crippen molar-refractivity contribution in [3.63, 3.8) is 0 Å². The maximum absolute atomic E-state index is 9.40. The molecule has 0 aromatic heterocycles. The first-order valence-electron chi connectivity index (χ1n) is 3.39. The molecule has 3 nitrogen and oxygen atoms in total. The number of ether oxygens (including phenoxy) is 1. The summed E-state index contributed by atoms with van der Waals surface area (Å²) in [5, 5.41) is 9.40. The summed E-state index contributed by atoms with van der Waals surface area (Å²) >= 11 is 3.22. The number of halogens is 1. The van der Waals surface area contributed by atoms with Crippen molar-refractivity contribution in [3.8, 4) is 11.5 Å². The molecule has 0 aliphatic carbocycles. The van der Waals surface area contributed by atoms with Crippen LogP contribution in [0, 0.1) is 6.92 Å². The van der Waals surface area contributed by atoms with Crippen LogP contribution in [0.1, 0.15) is 5.56 Å². The lowest BCUT2D eigenvalue weighted by molar-refractivity contribution is 0.409. The van der Waals surface area contributed by atoms with E-state index < -0.39 is 0 Å². The van der Waals surface area contributed by atoms with Crippen LogP contribution < -0.4 is 10.5 Å². The lowest BCUT2D eigenvalue weighted by Gasteiger charge is -2.09. The number of aryl methyl sites for hydroxylation is 1. The summed E-state index contributed by atoms with van der Waals surface area (Å²) in [5.74, 6) is 0.727. The Bertz CT molecular complexity index is 312. The average Bonchev–Trinajstić information content (AvgIpc) is 2.08. The van der Waals surface area contributed by atoms with Gasteiger partial charge in [0.2, 0.25) is 0 Å². The molecule has 0 aliphatic heterocycles. The predicted octanol–water partition coefficient (Wildman–Crippen LogP) is 2.05. The fourth-order valence-corrected chi connectivity index (χ4v) is 1.39. The van der Waals surface area contributed by atoms with Crippen molar-refractivity contribution in [1.29, 1.82) is 0 Å². The highest BCUT2D eigenvalue weighted by Crippen LogP contribution is 2.39. The molecule has 0 bridgehead atoms. The zero-order valence-corrected chi connectivity index (χ0v) is 8.47. The Morgan fingerprint density at radius 3 is 2.67 bits per heavy atom. The maximum Gasteiger partial charge on any atom is 0.142 e. The molecule has 0 radical (unpaired) electrons. The van der Waals surface area contributed by atoms with Crippen molar-refractivity contribution >= 4 is 21.6 Å². The molecule has 0 amide bonds. The molecular formula is C8H10BrNO2. The highest BCUT2D eigenvalue weighted by Gasteiger charge is 2.10. The minimum atomic E-state index is 0.0997. The molecule has 0 saturated heterocycles. The number of phenols is 1. The molecule has 3 N–H and O–H groups in total. The highest BCUT2D eigenvalue weighted by molar-refractivity contribution is 9.10. The first-order chi connectivity index (χ1) is 5.57. The van der Waals surface area contributed by atoms with E-state index in [1.165, 1.54) is 0 Å². The lowest BCUT2D eigenvalue weighted by atomic mass is 10.2. The van der Waals surface area contributed by atoms with Crippen molar-refractivity contribution in [1.82, 2.24) is 0 Å². The Morgan fingerprint density at radius 2 is 2.17 bits per heavy atom. The second kappa shape index (κ2) is 3.23. The molecule has 0 heterocycles. The van der Waals surface area contributed by atoms with E-state index in [1.807, 2.05) is 0 Å². The first-order valence-corrected chi connectivity index (χ1v) is 4.18. The SMILES string of the molecule is COc1cc(C)c(O)c(N)c1Br. The largest absolute Gasteiger partial charge is 0.505 e. The van der Waals surface area contributed by atoms with Gasteiger partial charge in [0.05, 0.1) is 17.3 Å². The molecule has 1 aromatic carbocycles. The van der Waals surface area contributed by atoms with Crippen molar-refractivity contribution < 1.29 is 9.84 Å². The minimum Gasteiger partial charge on any atom is -0.505 e. The fraction of sp³-hybridized carbons (Fsp3) is 0.250. The number of hydrogen-bond donors (Lipinski definition) is 2. The molecular weight excluding hydrogens is 222 g/mol. The second-order valence-electron chi connectivity index (χ2n) is 2.47. The Balaban J connectivity index is 3.39. The average molecular weight is 232 g/mol. The van der Waals surface area contributed by atoms with Gasteiger partial charge in [0.25, 0.3) is 0 Å². The van der Waals surface area contributed by atoms with E-state index in [0.717, 1.165) is 0 Å². The molecule has 4 heteroatoms. The molecule has 0 unspecified atom stereocenters. The quantitative estimate of drug-likeness (QED) is 0.575. The van der Waals surface area contributed by atoms with Crippen LogP contribution in [0.2, 0.25) is 0 Å². The van der Waals surface area contributed by atoms with Gasteiger partial charge in [0.15, 0.2) is 0 Å². The van der Waals surface area contributed by atoms with E-state index in [1.54, 1.807) is 20.1 Å². The van der Waals surface area contributed by atoms with Gasteiger partial charge in [-0.25, -0.2) is 0 Å². The molecule has 0 aliphatic rings. The molecule has 0 saturated carbocycles. The van der Waals surface area contributed by atoms with Gasteiger partial charge in [0.1, 0.15) is 11.5 Å². The van der Waals surface area contributed by atoms with Crippen molar-refractivity contribution in [2.75, 3.05) is 12.8 Å². The number of aromatic hydroxyl groups is 1. The van der Waals surface area contributed by atoms with E-state index >= 15 is 0 Å². The summed E-state index contributed by atoms with van der Waals surface area (Å²) in [4.78, 5) is 0. The van der Waals surface area contributed by atoms with Gasteiger partial charge in [-0.3, -0.25) is 0 Å². The fourth-order valence-electron chi connectivity index (χ4n) is 0.926. The number of nitrogens with two attached hydrogens (primary N) is 1. The van der Waals surface area contributed by atoms with E-state index in [0.29, 0.717) is 21.5 Å². The standard InChI is InChI=1S/C8H10BrNO2/c1-4-3-5(12-2)6(9)7(10)8(4)11/h3,11H,10H2,1-2H3. The first kappa shape index (κ1) is 9.19. The Morgan fingerprint density at radius 1 is 1.58 bits per heavy atom. The Kier molecular flexibility index (Phi) is 2.47. The normalized spacial score (nSPS) is 9.92. The third-order valence-electron chi connectivity index (χ3n) is 1.65. The number of phenolic OH excluding ortho intramolecular Hbond substituents is 1.